The molecule has 1 aromatic heterocycles. The number of hydrogen-bond donors (Lipinski definition) is 2. The highest BCUT2D eigenvalue weighted by Gasteiger charge is 2.35. The fourth-order valence-electron chi connectivity index (χ4n) is 3.02. The van der Waals surface area contributed by atoms with E-state index in [1.807, 2.05) is 12.1 Å². The van der Waals surface area contributed by atoms with Gasteiger partial charge in [0, 0.05) is 12.6 Å². The Morgan fingerprint density at radius 1 is 1.45 bits per heavy atom. The zero-order valence-electron chi connectivity index (χ0n) is 11.3. The molecule has 3 saturated heterocycles. The molecule has 3 aliphatic heterocycles. The van der Waals surface area contributed by atoms with Crippen LogP contribution in [0.4, 0.5) is 0 Å². The first-order valence-electron chi connectivity index (χ1n) is 6.99. The molecule has 4 nitrogen and oxygen atoms in total. The van der Waals surface area contributed by atoms with Crippen LogP contribution in [0.5, 0.6) is 0 Å². The molecule has 1 amide bonds. The Kier molecular flexibility index (Phi) is 4.06. The van der Waals surface area contributed by atoms with Crippen molar-refractivity contribution in [1.82, 2.24) is 10.2 Å². The van der Waals surface area contributed by atoms with Crippen LogP contribution in [0.1, 0.15) is 27.4 Å². The lowest BCUT2D eigenvalue weighted by Gasteiger charge is -2.44. The molecule has 5 heteroatoms. The second-order valence-electron chi connectivity index (χ2n) is 5.34. The Labute approximate surface area is 122 Å². The number of carbonyl (C=O) groups excluding carboxylic acids is 1. The number of rotatable bonds is 2. The Bertz CT molecular complexity index is 550. The molecule has 2 bridgehead atoms. The van der Waals surface area contributed by atoms with E-state index in [4.69, 9.17) is 5.11 Å². The topological polar surface area (TPSA) is 52.6 Å². The van der Waals surface area contributed by atoms with E-state index in [1.54, 1.807) is 0 Å². The predicted octanol–water partition coefficient (Wildman–Crippen LogP) is 0.916. The number of nitrogens with one attached hydrogen (secondary N) is 1. The van der Waals surface area contributed by atoms with E-state index in [2.05, 4.69) is 22.1 Å². The second-order valence-corrected chi connectivity index (χ2v) is 6.43. The van der Waals surface area contributed by atoms with Crippen LogP contribution in [0.3, 0.4) is 0 Å². The van der Waals surface area contributed by atoms with Gasteiger partial charge in [0.15, 0.2) is 0 Å². The van der Waals surface area contributed by atoms with Gasteiger partial charge < -0.3 is 15.3 Å². The number of hydrogen-bond acceptors (Lipinski definition) is 4. The van der Waals surface area contributed by atoms with Gasteiger partial charge in [-0.25, -0.2) is 0 Å². The summed E-state index contributed by atoms with van der Waals surface area (Å²) in [4.78, 5) is 16.2. The van der Waals surface area contributed by atoms with E-state index >= 15 is 0 Å². The lowest BCUT2D eigenvalue weighted by atomic mass is 9.84. The first kappa shape index (κ1) is 13.6. The third-order valence-corrected chi connectivity index (χ3v) is 5.09. The predicted molar refractivity (Wildman–Crippen MR) is 78.7 cm³/mol. The molecule has 1 atom stereocenters. The van der Waals surface area contributed by atoms with Crippen molar-refractivity contribution in [3.63, 3.8) is 0 Å². The van der Waals surface area contributed by atoms with E-state index < -0.39 is 0 Å². The number of carbonyl (C=O) groups is 1. The molecule has 1 aromatic rings. The summed E-state index contributed by atoms with van der Waals surface area (Å²) in [6, 6.07) is 3.93. The molecular weight excluding hydrogens is 272 g/mol. The summed E-state index contributed by atoms with van der Waals surface area (Å²) in [6.45, 7) is 3.19. The van der Waals surface area contributed by atoms with Gasteiger partial charge in [-0.2, -0.15) is 0 Å². The number of amides is 1. The summed E-state index contributed by atoms with van der Waals surface area (Å²) in [7, 11) is 0. The van der Waals surface area contributed by atoms with Crippen LogP contribution in [0, 0.1) is 17.8 Å². The molecule has 20 heavy (non-hydrogen) atoms. The maximum Gasteiger partial charge on any atom is 0.261 e. The second kappa shape index (κ2) is 5.96. The van der Waals surface area contributed by atoms with E-state index in [0.29, 0.717) is 16.8 Å². The number of aliphatic hydroxyl groups excluding tert-OH is 1. The number of piperidine rings is 3. The van der Waals surface area contributed by atoms with Crippen LogP contribution in [0.25, 0.3) is 0 Å². The monoisotopic (exact) mass is 290 g/mol. The molecule has 106 valence electrons. The average Bonchev–Trinajstić information content (AvgIpc) is 2.95. The molecule has 3 fully saturated rings. The molecule has 2 N–H and O–H groups in total. The zero-order valence-corrected chi connectivity index (χ0v) is 12.1. The van der Waals surface area contributed by atoms with Crippen molar-refractivity contribution in [2.24, 2.45) is 5.92 Å². The molecule has 4 rings (SSSR count). The van der Waals surface area contributed by atoms with Crippen molar-refractivity contribution in [2.75, 3.05) is 26.2 Å². The number of nitrogens with zero attached hydrogens (tertiary/aromatic N) is 1. The van der Waals surface area contributed by atoms with Crippen LogP contribution in [0.2, 0.25) is 0 Å². The fourth-order valence-corrected chi connectivity index (χ4v) is 3.81. The van der Waals surface area contributed by atoms with Gasteiger partial charge >= 0.3 is 0 Å². The summed E-state index contributed by atoms with van der Waals surface area (Å²) >= 11 is 1.38. The summed E-state index contributed by atoms with van der Waals surface area (Å²) in [5, 5.41) is 11.8. The van der Waals surface area contributed by atoms with Crippen molar-refractivity contribution < 1.29 is 9.90 Å². The first-order chi connectivity index (χ1) is 9.76. The van der Waals surface area contributed by atoms with Gasteiger partial charge in [0.25, 0.3) is 5.91 Å². The van der Waals surface area contributed by atoms with Gasteiger partial charge in [-0.05, 0) is 44.0 Å². The lowest BCUT2D eigenvalue weighted by molar-refractivity contribution is 0.0622. The minimum atomic E-state index is -0.154. The average molecular weight is 290 g/mol. The Balaban J connectivity index is 1.63. The molecule has 4 heterocycles. The van der Waals surface area contributed by atoms with Crippen LogP contribution >= 0.6 is 11.3 Å². The van der Waals surface area contributed by atoms with Crippen molar-refractivity contribution in [3.05, 3.63) is 21.9 Å². The van der Waals surface area contributed by atoms with Gasteiger partial charge in [-0.15, -0.1) is 11.3 Å². The maximum absolute atomic E-state index is 12.3. The van der Waals surface area contributed by atoms with Gasteiger partial charge in [0.1, 0.15) is 6.61 Å². The molecule has 3 aliphatic rings. The van der Waals surface area contributed by atoms with Crippen molar-refractivity contribution in [1.29, 1.82) is 0 Å². The van der Waals surface area contributed by atoms with E-state index in [-0.39, 0.29) is 12.5 Å². The largest absolute Gasteiger partial charge is 0.384 e. The first-order valence-corrected chi connectivity index (χ1v) is 7.80. The highest BCUT2D eigenvalue weighted by atomic mass is 32.1. The molecule has 0 aliphatic carbocycles. The van der Waals surface area contributed by atoms with Crippen molar-refractivity contribution in [3.8, 4) is 11.8 Å². The number of fused-ring (bicyclic) bond motifs is 3. The van der Waals surface area contributed by atoms with Crippen molar-refractivity contribution in [2.45, 2.75) is 18.9 Å². The molecule has 0 spiro atoms. The quantitative estimate of drug-likeness (QED) is 0.796. The fraction of sp³-hybridized carbons (Fsp3) is 0.533. The van der Waals surface area contributed by atoms with Gasteiger partial charge in [-0.1, -0.05) is 11.8 Å². The molecule has 0 saturated carbocycles. The van der Waals surface area contributed by atoms with Gasteiger partial charge in [0.2, 0.25) is 0 Å². The van der Waals surface area contributed by atoms with E-state index in [0.717, 1.165) is 11.4 Å². The van der Waals surface area contributed by atoms with E-state index in [9.17, 15) is 4.79 Å². The summed E-state index contributed by atoms with van der Waals surface area (Å²) in [5.74, 6) is 6.07. The highest BCUT2D eigenvalue weighted by Crippen LogP contribution is 2.28. The third kappa shape index (κ3) is 2.88. The lowest BCUT2D eigenvalue weighted by Crippen LogP contribution is -2.57. The Morgan fingerprint density at radius 3 is 2.90 bits per heavy atom. The van der Waals surface area contributed by atoms with Gasteiger partial charge in [0.05, 0.1) is 9.75 Å². The highest BCUT2D eigenvalue weighted by molar-refractivity contribution is 7.14. The van der Waals surface area contributed by atoms with Crippen LogP contribution in [-0.2, 0) is 0 Å². The minimum absolute atomic E-state index is 0.00537. The molecule has 0 radical (unpaired) electrons. The third-order valence-electron chi connectivity index (χ3n) is 4.09. The maximum atomic E-state index is 12.3. The van der Waals surface area contributed by atoms with Crippen LogP contribution < -0.4 is 5.32 Å². The Morgan fingerprint density at radius 2 is 2.25 bits per heavy atom. The summed E-state index contributed by atoms with van der Waals surface area (Å²) in [5.41, 5.74) is 0. The summed E-state index contributed by atoms with van der Waals surface area (Å²) in [6.07, 6.45) is 2.39. The zero-order chi connectivity index (χ0) is 13.9. The van der Waals surface area contributed by atoms with Crippen LogP contribution in [-0.4, -0.2) is 48.2 Å². The molecule has 1 unspecified atom stereocenters. The van der Waals surface area contributed by atoms with Crippen molar-refractivity contribution >= 4 is 17.2 Å². The SMILES string of the molecule is O=C(NC1CN2CCC1CC2)c1ccc(C#CCO)s1. The number of aliphatic hydroxyl groups is 1. The van der Waals surface area contributed by atoms with Crippen LogP contribution in [0.15, 0.2) is 12.1 Å². The molecule has 0 aromatic carbocycles. The van der Waals surface area contributed by atoms with Gasteiger partial charge in [-0.3, -0.25) is 4.79 Å². The smallest absolute Gasteiger partial charge is 0.261 e. The van der Waals surface area contributed by atoms with E-state index in [1.165, 1.54) is 37.3 Å². The normalized spacial score (nSPS) is 27.8. The standard InChI is InChI=1S/C15H18N2O2S/c18-9-1-2-12-3-4-14(20-12)15(19)16-13-10-17-7-5-11(13)6-8-17/h3-4,11,13,18H,5-10H2,(H,16,19). The molecular formula is C15H18N2O2S. The summed E-state index contributed by atoms with van der Waals surface area (Å²) < 4.78 is 0. The number of thiophene rings is 1. The minimum Gasteiger partial charge on any atom is -0.384 e. The Hall–Kier alpha value is -1.35.